The topological polar surface area (TPSA) is 32.3 Å². The SMILES string of the molecule is CN(C)c1ccc(CNC(=O)C[C@@H]2C=CCC2)cc1. The van der Waals surface area contributed by atoms with Crippen LogP contribution in [-0.4, -0.2) is 20.0 Å². The Morgan fingerprint density at radius 2 is 2.05 bits per heavy atom. The van der Waals surface area contributed by atoms with Gasteiger partial charge in [-0.3, -0.25) is 4.79 Å². The van der Waals surface area contributed by atoms with Crippen molar-refractivity contribution in [3.05, 3.63) is 42.0 Å². The second kappa shape index (κ2) is 6.41. The molecule has 1 aromatic carbocycles. The lowest BCUT2D eigenvalue weighted by Gasteiger charge is -2.13. The van der Waals surface area contributed by atoms with Crippen molar-refractivity contribution < 1.29 is 4.79 Å². The van der Waals surface area contributed by atoms with Crippen molar-refractivity contribution in [3.8, 4) is 0 Å². The number of benzene rings is 1. The van der Waals surface area contributed by atoms with Gasteiger partial charge in [0.05, 0.1) is 0 Å². The Morgan fingerprint density at radius 1 is 1.32 bits per heavy atom. The number of allylic oxidation sites excluding steroid dienone is 2. The van der Waals surface area contributed by atoms with E-state index in [-0.39, 0.29) is 5.91 Å². The van der Waals surface area contributed by atoms with E-state index >= 15 is 0 Å². The van der Waals surface area contributed by atoms with Gasteiger partial charge in [-0.25, -0.2) is 0 Å². The zero-order chi connectivity index (χ0) is 13.7. The van der Waals surface area contributed by atoms with Crippen molar-refractivity contribution >= 4 is 11.6 Å². The maximum atomic E-state index is 11.8. The van der Waals surface area contributed by atoms with E-state index in [0.29, 0.717) is 18.9 Å². The maximum Gasteiger partial charge on any atom is 0.220 e. The van der Waals surface area contributed by atoms with E-state index in [2.05, 4.69) is 46.6 Å². The van der Waals surface area contributed by atoms with Crippen molar-refractivity contribution in [1.82, 2.24) is 5.32 Å². The summed E-state index contributed by atoms with van der Waals surface area (Å²) < 4.78 is 0. The molecule has 0 fully saturated rings. The van der Waals surface area contributed by atoms with Crippen LogP contribution < -0.4 is 10.2 Å². The molecule has 0 bridgehead atoms. The first kappa shape index (κ1) is 13.7. The molecule has 3 nitrogen and oxygen atoms in total. The third-order valence-corrected chi connectivity index (χ3v) is 3.50. The number of hydrogen-bond acceptors (Lipinski definition) is 2. The van der Waals surface area contributed by atoms with Crippen LogP contribution in [0.15, 0.2) is 36.4 Å². The molecule has 1 aromatic rings. The number of carbonyl (C=O) groups excluding carboxylic acids is 1. The van der Waals surface area contributed by atoms with Gasteiger partial charge in [0, 0.05) is 32.7 Å². The fourth-order valence-corrected chi connectivity index (χ4v) is 2.29. The fraction of sp³-hybridized carbons (Fsp3) is 0.438. The molecule has 0 aromatic heterocycles. The minimum atomic E-state index is 0.147. The molecule has 1 amide bonds. The molecule has 0 aliphatic heterocycles. The van der Waals surface area contributed by atoms with Crippen molar-refractivity contribution in [3.63, 3.8) is 0 Å². The Labute approximate surface area is 115 Å². The highest BCUT2D eigenvalue weighted by molar-refractivity contribution is 5.76. The number of carbonyl (C=O) groups is 1. The number of nitrogens with zero attached hydrogens (tertiary/aromatic N) is 1. The molecule has 1 atom stereocenters. The van der Waals surface area contributed by atoms with Gasteiger partial charge in [0.1, 0.15) is 0 Å². The number of anilines is 1. The Balaban J connectivity index is 1.78. The molecule has 0 radical (unpaired) electrons. The first-order valence-corrected chi connectivity index (χ1v) is 6.85. The first-order chi connectivity index (χ1) is 9.15. The van der Waals surface area contributed by atoms with Gasteiger partial charge in [-0.15, -0.1) is 0 Å². The maximum absolute atomic E-state index is 11.8. The zero-order valence-corrected chi connectivity index (χ0v) is 11.7. The summed E-state index contributed by atoms with van der Waals surface area (Å²) in [7, 11) is 4.04. The molecule has 1 aliphatic rings. The van der Waals surface area contributed by atoms with Crippen LogP contribution in [0.2, 0.25) is 0 Å². The van der Waals surface area contributed by atoms with Crippen molar-refractivity contribution in [1.29, 1.82) is 0 Å². The van der Waals surface area contributed by atoms with E-state index in [1.54, 1.807) is 0 Å². The normalized spacial score (nSPS) is 17.5. The van der Waals surface area contributed by atoms with E-state index in [1.807, 2.05) is 14.1 Å². The van der Waals surface area contributed by atoms with Crippen LogP contribution in [0.5, 0.6) is 0 Å². The Hall–Kier alpha value is -1.77. The summed E-state index contributed by atoms with van der Waals surface area (Å²) in [6.07, 6.45) is 7.17. The Bertz CT molecular complexity index is 448. The predicted octanol–water partition coefficient (Wildman–Crippen LogP) is 2.73. The van der Waals surface area contributed by atoms with Gasteiger partial charge in [0.25, 0.3) is 0 Å². The van der Waals surface area contributed by atoms with E-state index < -0.39 is 0 Å². The molecule has 102 valence electrons. The third-order valence-electron chi connectivity index (χ3n) is 3.50. The van der Waals surface area contributed by atoms with E-state index in [9.17, 15) is 4.79 Å². The number of rotatable bonds is 5. The van der Waals surface area contributed by atoms with E-state index in [4.69, 9.17) is 0 Å². The summed E-state index contributed by atoms with van der Waals surface area (Å²) >= 11 is 0. The molecule has 0 spiro atoms. The van der Waals surface area contributed by atoms with Gasteiger partial charge in [-0.2, -0.15) is 0 Å². The standard InChI is InChI=1S/C16H22N2O/c1-18(2)15-9-7-14(8-10-15)12-17-16(19)11-13-5-3-4-6-13/h3,5,7-10,13H,4,6,11-12H2,1-2H3,(H,17,19)/t13-/m1/s1. The van der Waals surface area contributed by atoms with Crippen molar-refractivity contribution in [2.45, 2.75) is 25.8 Å². The molecule has 2 rings (SSSR count). The summed E-state index contributed by atoms with van der Waals surface area (Å²) in [5.41, 5.74) is 2.31. The quantitative estimate of drug-likeness (QED) is 0.824. The monoisotopic (exact) mass is 258 g/mol. The van der Waals surface area contributed by atoms with Crippen LogP contribution in [0.3, 0.4) is 0 Å². The lowest BCUT2D eigenvalue weighted by molar-refractivity contribution is -0.121. The highest BCUT2D eigenvalue weighted by Crippen LogP contribution is 2.20. The summed E-state index contributed by atoms with van der Waals surface area (Å²) in [5.74, 6) is 0.587. The molecule has 1 N–H and O–H groups in total. The molecule has 1 aliphatic carbocycles. The second-order valence-corrected chi connectivity index (χ2v) is 5.31. The molecule has 0 saturated carbocycles. The second-order valence-electron chi connectivity index (χ2n) is 5.31. The molecular weight excluding hydrogens is 236 g/mol. The van der Waals surface area contributed by atoms with Crippen molar-refractivity contribution in [2.75, 3.05) is 19.0 Å². The van der Waals surface area contributed by atoms with Gasteiger partial charge in [-0.1, -0.05) is 24.3 Å². The molecule has 0 saturated heterocycles. The number of hydrogen-bond donors (Lipinski definition) is 1. The molecule has 19 heavy (non-hydrogen) atoms. The largest absolute Gasteiger partial charge is 0.378 e. The van der Waals surface area contributed by atoms with Gasteiger partial charge in [-0.05, 0) is 36.5 Å². The summed E-state index contributed by atoms with van der Waals surface area (Å²) in [6.45, 7) is 0.614. The van der Waals surface area contributed by atoms with Crippen LogP contribution in [-0.2, 0) is 11.3 Å². The lowest BCUT2D eigenvalue weighted by Crippen LogP contribution is -2.24. The Kier molecular flexibility index (Phi) is 4.61. The summed E-state index contributed by atoms with van der Waals surface area (Å²) in [6, 6.07) is 8.26. The van der Waals surface area contributed by atoms with Crippen LogP contribution in [0.4, 0.5) is 5.69 Å². The fourth-order valence-electron chi connectivity index (χ4n) is 2.29. The highest BCUT2D eigenvalue weighted by atomic mass is 16.1. The van der Waals surface area contributed by atoms with Crippen LogP contribution >= 0.6 is 0 Å². The highest BCUT2D eigenvalue weighted by Gasteiger charge is 2.13. The third kappa shape index (κ3) is 4.12. The Morgan fingerprint density at radius 3 is 2.63 bits per heavy atom. The summed E-state index contributed by atoms with van der Waals surface area (Å²) in [5, 5.41) is 2.99. The average molecular weight is 258 g/mol. The molecular formula is C16H22N2O. The van der Waals surface area contributed by atoms with Gasteiger partial charge >= 0.3 is 0 Å². The van der Waals surface area contributed by atoms with Crippen molar-refractivity contribution in [2.24, 2.45) is 5.92 Å². The molecule has 3 heteroatoms. The number of amides is 1. The van der Waals surface area contributed by atoms with Gasteiger partial charge in [0.15, 0.2) is 0 Å². The minimum absolute atomic E-state index is 0.147. The first-order valence-electron chi connectivity index (χ1n) is 6.85. The molecule has 0 heterocycles. The van der Waals surface area contributed by atoms with Gasteiger partial charge < -0.3 is 10.2 Å². The smallest absolute Gasteiger partial charge is 0.220 e. The average Bonchev–Trinajstić information content (AvgIpc) is 2.89. The van der Waals surface area contributed by atoms with Crippen LogP contribution in [0.1, 0.15) is 24.8 Å². The lowest BCUT2D eigenvalue weighted by atomic mass is 10.1. The predicted molar refractivity (Wildman–Crippen MR) is 79.1 cm³/mol. The van der Waals surface area contributed by atoms with Gasteiger partial charge in [0.2, 0.25) is 5.91 Å². The van der Waals surface area contributed by atoms with Crippen LogP contribution in [0, 0.1) is 5.92 Å². The minimum Gasteiger partial charge on any atom is -0.378 e. The van der Waals surface area contributed by atoms with Crippen LogP contribution in [0.25, 0.3) is 0 Å². The van der Waals surface area contributed by atoms with E-state index in [0.717, 1.165) is 18.4 Å². The summed E-state index contributed by atoms with van der Waals surface area (Å²) in [4.78, 5) is 13.9. The number of nitrogens with one attached hydrogen (secondary N) is 1. The zero-order valence-electron chi connectivity index (χ0n) is 11.7. The molecule has 0 unspecified atom stereocenters. The van der Waals surface area contributed by atoms with E-state index in [1.165, 1.54) is 5.69 Å².